The monoisotopic (exact) mass is 469 g/mol. The van der Waals surface area contributed by atoms with Crippen LogP contribution >= 0.6 is 0 Å². The highest BCUT2D eigenvalue weighted by molar-refractivity contribution is 6.54. The molecule has 2 amide bonds. The van der Waals surface area contributed by atoms with Crippen LogP contribution in [0.15, 0.2) is 12.1 Å². The van der Waals surface area contributed by atoms with E-state index in [0.29, 0.717) is 68.7 Å². The van der Waals surface area contributed by atoms with E-state index in [1.807, 2.05) is 40.7 Å². The maximum atomic E-state index is 13.0. The van der Waals surface area contributed by atoms with Crippen molar-refractivity contribution in [3.8, 4) is 11.5 Å². The van der Waals surface area contributed by atoms with Crippen molar-refractivity contribution in [1.82, 2.24) is 9.80 Å². The van der Waals surface area contributed by atoms with Crippen molar-refractivity contribution in [3.05, 3.63) is 23.3 Å². The maximum absolute atomic E-state index is 13.0. The zero-order chi connectivity index (χ0) is 24.4. The topological polar surface area (TPSA) is 88.6 Å². The van der Waals surface area contributed by atoms with Crippen molar-refractivity contribution in [2.24, 2.45) is 0 Å². The Morgan fingerprint density at radius 2 is 1.76 bits per heavy atom. The Bertz CT molecular complexity index is 1110. The van der Waals surface area contributed by atoms with E-state index >= 15 is 0 Å². The number of fused-ring (bicyclic) bond motifs is 2. The molecular formula is C25H31N3O6. The average molecular weight is 470 g/mol. The molecule has 5 rings (SSSR count). The zero-order valence-corrected chi connectivity index (χ0v) is 20.4. The second-order valence-corrected chi connectivity index (χ2v) is 10.7. The van der Waals surface area contributed by atoms with Crippen LogP contribution in [0.2, 0.25) is 0 Å². The van der Waals surface area contributed by atoms with Crippen LogP contribution in [0.4, 0.5) is 10.5 Å². The van der Waals surface area contributed by atoms with E-state index in [0.717, 1.165) is 11.1 Å². The molecule has 0 bridgehead atoms. The van der Waals surface area contributed by atoms with Crippen LogP contribution in [0.5, 0.6) is 11.5 Å². The molecule has 34 heavy (non-hydrogen) atoms. The van der Waals surface area contributed by atoms with Gasteiger partial charge in [-0.05, 0) is 46.3 Å². The predicted molar refractivity (Wildman–Crippen MR) is 126 cm³/mol. The molecule has 9 heteroatoms. The molecule has 1 aromatic carbocycles. The first kappa shape index (κ1) is 22.7. The molecule has 182 valence electrons. The number of hydrogen-bond acceptors (Lipinski definition) is 7. The lowest BCUT2D eigenvalue weighted by molar-refractivity contribution is -0.115. The minimum atomic E-state index is -0.664. The average Bonchev–Trinajstić information content (AvgIpc) is 3.03. The summed E-state index contributed by atoms with van der Waals surface area (Å²) in [5, 5.41) is 0. The van der Waals surface area contributed by atoms with Gasteiger partial charge < -0.3 is 19.1 Å². The van der Waals surface area contributed by atoms with Crippen molar-refractivity contribution in [2.45, 2.75) is 45.8 Å². The molecule has 9 nitrogen and oxygen atoms in total. The number of rotatable bonds is 2. The lowest BCUT2D eigenvalue weighted by Gasteiger charge is -2.41. The lowest BCUT2D eigenvalue weighted by Crippen LogP contribution is -2.51. The second-order valence-electron chi connectivity index (χ2n) is 10.7. The highest BCUT2D eigenvalue weighted by Crippen LogP contribution is 2.52. The number of anilines is 1. The summed E-state index contributed by atoms with van der Waals surface area (Å²) in [6.45, 7) is 13.4. The molecule has 0 radical (unpaired) electrons. The third-order valence-electron chi connectivity index (χ3n) is 6.52. The molecule has 0 spiro atoms. The molecule has 0 unspecified atom stereocenters. The number of benzene rings is 1. The Balaban J connectivity index is 1.42. The number of Topliss-reactive ketones (excluding diaryl/α,β-unsaturated/α-hetero) is 1. The van der Waals surface area contributed by atoms with Gasteiger partial charge in [0.2, 0.25) is 0 Å². The number of amides is 2. The molecule has 1 saturated heterocycles. The molecule has 4 heterocycles. The number of carbonyl (C=O) groups excluding carboxylic acids is 3. The van der Waals surface area contributed by atoms with Crippen LogP contribution in [0.3, 0.4) is 0 Å². The molecule has 0 atom stereocenters. The Hall–Kier alpha value is -3.07. The fourth-order valence-electron chi connectivity index (χ4n) is 5.08. The molecule has 4 aliphatic rings. The lowest BCUT2D eigenvalue weighted by atomic mass is 9.87. The first-order valence-electron chi connectivity index (χ1n) is 11.7. The van der Waals surface area contributed by atoms with Gasteiger partial charge in [0.15, 0.2) is 11.5 Å². The second kappa shape index (κ2) is 7.73. The summed E-state index contributed by atoms with van der Waals surface area (Å²) in [5.41, 5.74) is 1.60. The molecule has 0 saturated carbocycles. The van der Waals surface area contributed by atoms with Crippen LogP contribution in [0, 0.1) is 0 Å². The van der Waals surface area contributed by atoms with Gasteiger partial charge in [0.1, 0.15) is 18.8 Å². The minimum absolute atomic E-state index is 0.289. The molecule has 0 aliphatic carbocycles. The van der Waals surface area contributed by atoms with Gasteiger partial charge in [-0.15, -0.1) is 0 Å². The third kappa shape index (κ3) is 3.72. The van der Waals surface area contributed by atoms with Crippen LogP contribution in [-0.2, 0) is 9.53 Å². The van der Waals surface area contributed by atoms with Gasteiger partial charge in [-0.3, -0.25) is 19.4 Å². The van der Waals surface area contributed by atoms with E-state index in [1.165, 1.54) is 0 Å². The van der Waals surface area contributed by atoms with Crippen LogP contribution in [0.1, 0.15) is 50.5 Å². The molecule has 4 aliphatic heterocycles. The fraction of sp³-hybridized carbons (Fsp3) is 0.560. The van der Waals surface area contributed by atoms with E-state index in [1.54, 1.807) is 9.80 Å². The highest BCUT2D eigenvalue weighted by Gasteiger charge is 2.50. The van der Waals surface area contributed by atoms with Gasteiger partial charge in [-0.25, -0.2) is 4.79 Å². The number of ether oxygens (including phenoxy) is 3. The van der Waals surface area contributed by atoms with Crippen molar-refractivity contribution in [2.75, 3.05) is 50.8 Å². The summed E-state index contributed by atoms with van der Waals surface area (Å²) in [6, 6.07) is 1.89. The molecule has 0 N–H and O–H groups in total. The standard InChI is InChI=1S/C25H31N3O6/c1-24(2,3)34-23(31)27-8-6-26(7-9-27)14-15-13-25(4,5)28-19-16(15)12-17-21(33-11-10-32-17)18(19)20(29)22(28)30/h12-13H,6-11,14H2,1-5H3. The Morgan fingerprint density at radius 1 is 1.09 bits per heavy atom. The number of piperazine rings is 1. The molecule has 1 aromatic rings. The van der Waals surface area contributed by atoms with Crippen LogP contribution in [0.25, 0.3) is 5.57 Å². The highest BCUT2D eigenvalue weighted by atomic mass is 16.6. The van der Waals surface area contributed by atoms with Gasteiger partial charge in [0.25, 0.3) is 11.7 Å². The van der Waals surface area contributed by atoms with E-state index in [-0.39, 0.29) is 6.09 Å². The van der Waals surface area contributed by atoms with Crippen molar-refractivity contribution < 1.29 is 28.6 Å². The summed E-state index contributed by atoms with van der Waals surface area (Å²) in [4.78, 5) is 44.0. The van der Waals surface area contributed by atoms with Crippen molar-refractivity contribution >= 4 is 29.0 Å². The number of nitrogens with zero attached hydrogens (tertiary/aromatic N) is 3. The number of ketones is 1. The maximum Gasteiger partial charge on any atom is 0.410 e. The first-order chi connectivity index (χ1) is 16.0. The third-order valence-corrected chi connectivity index (χ3v) is 6.52. The van der Waals surface area contributed by atoms with Crippen LogP contribution < -0.4 is 14.4 Å². The van der Waals surface area contributed by atoms with Crippen LogP contribution in [-0.4, -0.2) is 84.7 Å². The van der Waals surface area contributed by atoms with E-state index in [9.17, 15) is 14.4 Å². The summed E-state index contributed by atoms with van der Waals surface area (Å²) in [7, 11) is 0. The zero-order valence-electron chi connectivity index (χ0n) is 20.4. The van der Waals surface area contributed by atoms with Gasteiger partial charge in [-0.2, -0.15) is 0 Å². The Labute approximate surface area is 199 Å². The van der Waals surface area contributed by atoms with Gasteiger partial charge in [0.05, 0.1) is 16.8 Å². The van der Waals surface area contributed by atoms with E-state index in [4.69, 9.17) is 14.2 Å². The van der Waals surface area contributed by atoms with Gasteiger partial charge in [-0.1, -0.05) is 6.08 Å². The predicted octanol–water partition coefficient (Wildman–Crippen LogP) is 2.72. The smallest absolute Gasteiger partial charge is 0.410 e. The first-order valence-corrected chi connectivity index (χ1v) is 11.7. The summed E-state index contributed by atoms with van der Waals surface area (Å²) < 4.78 is 17.1. The minimum Gasteiger partial charge on any atom is -0.486 e. The van der Waals surface area contributed by atoms with E-state index < -0.39 is 22.8 Å². The normalized spacial score (nSPS) is 21.4. The summed E-state index contributed by atoms with van der Waals surface area (Å²) in [5.74, 6) is -0.213. The van der Waals surface area contributed by atoms with Gasteiger partial charge in [0, 0.05) is 38.3 Å². The molecule has 1 fully saturated rings. The largest absolute Gasteiger partial charge is 0.486 e. The Morgan fingerprint density at radius 3 is 2.44 bits per heavy atom. The SMILES string of the molecule is CC(C)(C)OC(=O)N1CCN(CC2=CC(C)(C)N3C(=O)C(=O)c4c5c(cc2c43)OCCO5)CC1. The summed E-state index contributed by atoms with van der Waals surface area (Å²) in [6.07, 6.45) is 1.77. The molecular weight excluding hydrogens is 438 g/mol. The Kier molecular flexibility index (Phi) is 5.16. The number of carbonyl (C=O) groups is 3. The van der Waals surface area contributed by atoms with Crippen molar-refractivity contribution in [3.63, 3.8) is 0 Å². The van der Waals surface area contributed by atoms with E-state index in [2.05, 4.69) is 11.0 Å². The van der Waals surface area contributed by atoms with Crippen molar-refractivity contribution in [1.29, 1.82) is 0 Å². The quantitative estimate of drug-likeness (QED) is 0.616. The molecule has 0 aromatic heterocycles. The summed E-state index contributed by atoms with van der Waals surface area (Å²) >= 11 is 0. The van der Waals surface area contributed by atoms with Gasteiger partial charge >= 0.3 is 6.09 Å². The fourth-order valence-corrected chi connectivity index (χ4v) is 5.08. The number of hydrogen-bond donors (Lipinski definition) is 0.